The third kappa shape index (κ3) is 3.25. The van der Waals surface area contributed by atoms with Gasteiger partial charge in [0.05, 0.1) is 17.9 Å². The minimum absolute atomic E-state index is 0.237. The van der Waals surface area contributed by atoms with E-state index >= 15 is 0 Å². The Morgan fingerprint density at radius 2 is 1.85 bits per heavy atom. The van der Waals surface area contributed by atoms with Crippen molar-refractivity contribution in [3.05, 3.63) is 52.4 Å². The van der Waals surface area contributed by atoms with Crippen molar-refractivity contribution in [2.45, 2.75) is 26.2 Å². The normalized spacial score (nSPS) is 17.8. The van der Waals surface area contributed by atoms with Crippen LogP contribution in [0.5, 0.6) is 5.75 Å². The first-order chi connectivity index (χ1) is 13.2. The number of hydrogen-bond acceptors (Lipinski definition) is 5. The summed E-state index contributed by atoms with van der Waals surface area (Å²) >= 11 is 1.49. The van der Waals surface area contributed by atoms with Gasteiger partial charge in [-0.15, -0.1) is 11.3 Å². The van der Waals surface area contributed by atoms with Crippen LogP contribution in [0.4, 0.5) is 5.69 Å². The molecular weight excluding hydrogens is 360 g/mol. The van der Waals surface area contributed by atoms with Crippen LogP contribution in [0.1, 0.15) is 31.1 Å². The lowest BCUT2D eigenvalue weighted by molar-refractivity contribution is -0.120. The van der Waals surface area contributed by atoms with E-state index in [1.807, 2.05) is 36.6 Å². The lowest BCUT2D eigenvalue weighted by Gasteiger charge is -2.29. The summed E-state index contributed by atoms with van der Waals surface area (Å²) in [5, 5.41) is 1.94. The number of benzene rings is 1. The van der Waals surface area contributed by atoms with Crippen molar-refractivity contribution in [2.75, 3.05) is 24.6 Å². The molecule has 2 aliphatic rings. The molecule has 6 heteroatoms. The summed E-state index contributed by atoms with van der Waals surface area (Å²) in [6.07, 6.45) is 3.26. The molecule has 0 N–H and O–H groups in total. The fraction of sp³-hybridized carbons (Fsp3) is 0.333. The molecule has 0 radical (unpaired) electrons. The van der Waals surface area contributed by atoms with E-state index in [0.717, 1.165) is 30.8 Å². The van der Waals surface area contributed by atoms with E-state index in [9.17, 15) is 9.59 Å². The summed E-state index contributed by atoms with van der Waals surface area (Å²) in [6, 6.07) is 11.0. The Bertz CT molecular complexity index is 883. The van der Waals surface area contributed by atoms with Gasteiger partial charge in [0.25, 0.3) is 11.8 Å². The summed E-state index contributed by atoms with van der Waals surface area (Å²) in [6.45, 7) is 4.07. The molecule has 0 aliphatic carbocycles. The van der Waals surface area contributed by atoms with Crippen LogP contribution in [0.15, 0.2) is 47.5 Å². The predicted molar refractivity (Wildman–Crippen MR) is 107 cm³/mol. The summed E-state index contributed by atoms with van der Waals surface area (Å²) in [5.74, 6) is 0.162. The zero-order valence-corrected chi connectivity index (χ0v) is 16.1. The number of ether oxygens (including phenoxy) is 1. The Morgan fingerprint density at radius 3 is 2.56 bits per heavy atom. The quantitative estimate of drug-likeness (QED) is 0.736. The van der Waals surface area contributed by atoms with Crippen LogP contribution in [0.25, 0.3) is 5.57 Å². The van der Waals surface area contributed by atoms with Crippen LogP contribution >= 0.6 is 11.3 Å². The van der Waals surface area contributed by atoms with Crippen molar-refractivity contribution < 1.29 is 14.3 Å². The Labute approximate surface area is 162 Å². The molecule has 2 aliphatic heterocycles. The highest BCUT2D eigenvalue weighted by atomic mass is 32.1. The van der Waals surface area contributed by atoms with Gasteiger partial charge < -0.3 is 9.64 Å². The monoisotopic (exact) mass is 382 g/mol. The molecule has 0 saturated carbocycles. The second kappa shape index (κ2) is 7.56. The summed E-state index contributed by atoms with van der Waals surface area (Å²) in [4.78, 5) is 30.9. The van der Waals surface area contributed by atoms with Gasteiger partial charge in [0.15, 0.2) is 0 Å². The summed E-state index contributed by atoms with van der Waals surface area (Å²) < 4.78 is 5.55. The number of thiophene rings is 1. The first kappa shape index (κ1) is 17.8. The average molecular weight is 382 g/mol. The molecule has 0 unspecified atom stereocenters. The van der Waals surface area contributed by atoms with Crippen LogP contribution in [-0.4, -0.2) is 36.4 Å². The van der Waals surface area contributed by atoms with Crippen LogP contribution in [0, 0.1) is 0 Å². The first-order valence-corrected chi connectivity index (χ1v) is 10.2. The van der Waals surface area contributed by atoms with Crippen LogP contribution in [0.2, 0.25) is 0 Å². The van der Waals surface area contributed by atoms with Gasteiger partial charge in [-0.3, -0.25) is 9.59 Å². The molecule has 5 nitrogen and oxygen atoms in total. The standard InChI is InChI=1S/C21H22N2O3S/c1-2-26-16-9-6-8-15(14-16)23-20(24)18(17-10-7-13-27-17)19(21(23)25)22-11-4-3-5-12-22/h6-10,13-14H,2-5,11-12H2,1H3. The molecule has 2 amide bonds. The van der Waals surface area contributed by atoms with Gasteiger partial charge in [0.2, 0.25) is 0 Å². The molecule has 1 aromatic carbocycles. The maximum absolute atomic E-state index is 13.4. The lowest BCUT2D eigenvalue weighted by Crippen LogP contribution is -2.37. The average Bonchev–Trinajstić information content (AvgIpc) is 3.29. The number of likely N-dealkylation sites (tertiary alicyclic amines) is 1. The molecule has 0 spiro atoms. The van der Waals surface area contributed by atoms with Crippen molar-refractivity contribution in [1.29, 1.82) is 0 Å². The van der Waals surface area contributed by atoms with Crippen molar-refractivity contribution in [3.8, 4) is 5.75 Å². The summed E-state index contributed by atoms with van der Waals surface area (Å²) in [5.41, 5.74) is 1.62. The third-order valence-electron chi connectivity index (χ3n) is 4.89. The Balaban J connectivity index is 1.76. The van der Waals surface area contributed by atoms with Gasteiger partial charge in [-0.25, -0.2) is 4.90 Å². The van der Waals surface area contributed by atoms with Crippen LogP contribution in [0.3, 0.4) is 0 Å². The fourth-order valence-corrected chi connectivity index (χ4v) is 4.45. The number of nitrogens with zero attached hydrogens (tertiary/aromatic N) is 2. The summed E-state index contributed by atoms with van der Waals surface area (Å²) in [7, 11) is 0. The molecule has 1 aromatic heterocycles. The highest BCUT2D eigenvalue weighted by molar-refractivity contribution is 7.11. The Morgan fingerprint density at radius 1 is 1.04 bits per heavy atom. The van der Waals surface area contributed by atoms with Crippen molar-refractivity contribution in [3.63, 3.8) is 0 Å². The predicted octanol–water partition coefficient (Wildman–Crippen LogP) is 3.92. The van der Waals surface area contributed by atoms with Gasteiger partial charge in [-0.1, -0.05) is 12.1 Å². The molecule has 1 fully saturated rings. The molecule has 0 atom stereocenters. The van der Waals surface area contributed by atoms with E-state index < -0.39 is 0 Å². The van der Waals surface area contributed by atoms with Gasteiger partial charge in [-0.2, -0.15) is 0 Å². The number of anilines is 1. The fourth-order valence-electron chi connectivity index (χ4n) is 3.69. The molecule has 140 valence electrons. The Kier molecular flexibility index (Phi) is 4.99. The zero-order valence-electron chi connectivity index (χ0n) is 15.3. The van der Waals surface area contributed by atoms with Crippen LogP contribution in [-0.2, 0) is 9.59 Å². The highest BCUT2D eigenvalue weighted by Gasteiger charge is 2.43. The third-order valence-corrected chi connectivity index (χ3v) is 5.77. The van der Waals surface area contributed by atoms with Crippen LogP contribution < -0.4 is 9.64 Å². The van der Waals surface area contributed by atoms with E-state index in [1.165, 1.54) is 22.7 Å². The molecular formula is C21H22N2O3S. The largest absolute Gasteiger partial charge is 0.494 e. The molecule has 1 saturated heterocycles. The number of imide groups is 1. The van der Waals surface area contributed by atoms with Gasteiger partial charge in [0, 0.05) is 24.0 Å². The smallest absolute Gasteiger partial charge is 0.282 e. The van der Waals surface area contributed by atoms with E-state index in [-0.39, 0.29) is 11.8 Å². The minimum Gasteiger partial charge on any atom is -0.494 e. The number of rotatable bonds is 5. The number of carbonyl (C=O) groups is 2. The topological polar surface area (TPSA) is 49.9 Å². The van der Waals surface area contributed by atoms with Gasteiger partial charge in [-0.05, 0) is 49.8 Å². The van der Waals surface area contributed by atoms with Crippen molar-refractivity contribution in [2.24, 2.45) is 0 Å². The molecule has 2 aromatic rings. The molecule has 4 rings (SSSR count). The van der Waals surface area contributed by atoms with E-state index in [4.69, 9.17) is 4.74 Å². The highest BCUT2D eigenvalue weighted by Crippen LogP contribution is 2.38. The van der Waals surface area contributed by atoms with Gasteiger partial charge >= 0.3 is 0 Å². The minimum atomic E-state index is -0.253. The second-order valence-electron chi connectivity index (χ2n) is 6.62. The van der Waals surface area contributed by atoms with E-state index in [2.05, 4.69) is 4.90 Å². The molecule has 0 bridgehead atoms. The zero-order chi connectivity index (χ0) is 18.8. The number of hydrogen-bond donors (Lipinski definition) is 0. The van der Waals surface area contributed by atoms with Crippen molar-refractivity contribution >= 4 is 34.4 Å². The number of piperidine rings is 1. The molecule has 3 heterocycles. The Hall–Kier alpha value is -2.60. The maximum Gasteiger partial charge on any atom is 0.282 e. The van der Waals surface area contributed by atoms with Crippen molar-refractivity contribution in [1.82, 2.24) is 4.90 Å². The first-order valence-electron chi connectivity index (χ1n) is 9.35. The molecule has 27 heavy (non-hydrogen) atoms. The van der Waals surface area contributed by atoms with Gasteiger partial charge in [0.1, 0.15) is 11.4 Å². The SMILES string of the molecule is CCOc1cccc(N2C(=O)C(c3cccs3)=C(N3CCCCC3)C2=O)c1. The lowest BCUT2D eigenvalue weighted by atomic mass is 10.1. The second-order valence-corrected chi connectivity index (χ2v) is 7.57. The number of amides is 2. The number of carbonyl (C=O) groups excluding carboxylic acids is 2. The van der Waals surface area contributed by atoms with E-state index in [0.29, 0.717) is 29.3 Å². The van der Waals surface area contributed by atoms with E-state index in [1.54, 1.807) is 12.1 Å². The maximum atomic E-state index is 13.4.